The van der Waals surface area contributed by atoms with Crippen LogP contribution in [0.4, 0.5) is 11.4 Å². The van der Waals surface area contributed by atoms with Crippen LogP contribution in [0.2, 0.25) is 15.1 Å². The lowest BCUT2D eigenvalue weighted by Gasteiger charge is -2.07. The second-order valence-corrected chi connectivity index (χ2v) is 5.89. The summed E-state index contributed by atoms with van der Waals surface area (Å²) in [4.78, 5) is 22.5. The third kappa shape index (κ3) is 4.48. The molecule has 1 N–H and O–H groups in total. The van der Waals surface area contributed by atoms with E-state index >= 15 is 0 Å². The number of anilines is 1. The number of halogens is 3. The summed E-state index contributed by atoms with van der Waals surface area (Å²) in [5.41, 5.74) is -0.0824. The number of carbonyl (C=O) groups is 1. The van der Waals surface area contributed by atoms with Gasteiger partial charge >= 0.3 is 0 Å². The van der Waals surface area contributed by atoms with Crippen molar-refractivity contribution in [1.29, 1.82) is 5.26 Å². The molecule has 2 aromatic rings. The van der Waals surface area contributed by atoms with Gasteiger partial charge in [-0.3, -0.25) is 14.9 Å². The van der Waals surface area contributed by atoms with Gasteiger partial charge in [0.2, 0.25) is 0 Å². The Bertz CT molecular complexity index is 936. The van der Waals surface area contributed by atoms with Crippen LogP contribution in [0.1, 0.15) is 5.56 Å². The van der Waals surface area contributed by atoms with Crippen molar-refractivity contribution in [2.45, 2.75) is 0 Å². The van der Waals surface area contributed by atoms with Crippen LogP contribution in [0.25, 0.3) is 6.08 Å². The van der Waals surface area contributed by atoms with Crippen molar-refractivity contribution in [2.24, 2.45) is 0 Å². The molecule has 0 heterocycles. The molecule has 0 fully saturated rings. The van der Waals surface area contributed by atoms with Crippen molar-refractivity contribution >= 4 is 58.2 Å². The summed E-state index contributed by atoms with van der Waals surface area (Å²) in [5.74, 6) is -0.732. The standard InChI is InChI=1S/C16H8Cl3N3O3/c17-11-5-4-9(7-14(11)22(24)25)6-10(8-20)16(23)21-13-3-1-2-12(18)15(13)19/h1-7H,(H,21,23)/b10-6+. The smallest absolute Gasteiger partial charge is 0.288 e. The number of nitrogens with one attached hydrogen (secondary N) is 1. The number of nitro benzene ring substituents is 1. The van der Waals surface area contributed by atoms with Crippen molar-refractivity contribution in [3.8, 4) is 6.07 Å². The third-order valence-corrected chi connectivity index (χ3v) is 4.18. The van der Waals surface area contributed by atoms with E-state index in [0.717, 1.165) is 0 Å². The number of hydrogen-bond acceptors (Lipinski definition) is 4. The fraction of sp³-hybridized carbons (Fsp3) is 0. The van der Waals surface area contributed by atoms with Gasteiger partial charge < -0.3 is 5.32 Å². The van der Waals surface area contributed by atoms with Gasteiger partial charge in [0.25, 0.3) is 11.6 Å². The first kappa shape index (κ1) is 18.7. The molecule has 9 heteroatoms. The summed E-state index contributed by atoms with van der Waals surface area (Å²) in [7, 11) is 0. The van der Waals surface area contributed by atoms with E-state index in [1.807, 2.05) is 0 Å². The van der Waals surface area contributed by atoms with Crippen molar-refractivity contribution < 1.29 is 9.72 Å². The van der Waals surface area contributed by atoms with Crippen LogP contribution in [0.15, 0.2) is 42.0 Å². The molecular weight excluding hydrogens is 389 g/mol. The quantitative estimate of drug-likeness (QED) is 0.336. The third-order valence-electron chi connectivity index (χ3n) is 3.04. The van der Waals surface area contributed by atoms with E-state index in [-0.39, 0.29) is 37.6 Å². The van der Waals surface area contributed by atoms with Crippen molar-refractivity contribution in [3.63, 3.8) is 0 Å². The van der Waals surface area contributed by atoms with Gasteiger partial charge in [0, 0.05) is 6.07 Å². The van der Waals surface area contributed by atoms with Crippen LogP contribution in [0, 0.1) is 21.4 Å². The van der Waals surface area contributed by atoms with Crippen LogP contribution in [0.3, 0.4) is 0 Å². The fourth-order valence-electron chi connectivity index (χ4n) is 1.86. The monoisotopic (exact) mass is 395 g/mol. The van der Waals surface area contributed by atoms with E-state index < -0.39 is 10.8 Å². The largest absolute Gasteiger partial charge is 0.320 e. The Labute approximate surface area is 157 Å². The highest BCUT2D eigenvalue weighted by Gasteiger charge is 2.15. The maximum atomic E-state index is 12.2. The highest BCUT2D eigenvalue weighted by Crippen LogP contribution is 2.30. The Balaban J connectivity index is 2.33. The Morgan fingerprint density at radius 1 is 1.20 bits per heavy atom. The van der Waals surface area contributed by atoms with Gasteiger partial charge in [-0.15, -0.1) is 0 Å². The van der Waals surface area contributed by atoms with Crippen molar-refractivity contribution in [1.82, 2.24) is 0 Å². The van der Waals surface area contributed by atoms with Crippen LogP contribution in [0.5, 0.6) is 0 Å². The average molecular weight is 397 g/mol. The van der Waals surface area contributed by atoms with Gasteiger partial charge in [0.1, 0.15) is 16.7 Å². The van der Waals surface area contributed by atoms with E-state index in [1.165, 1.54) is 30.3 Å². The first-order valence-corrected chi connectivity index (χ1v) is 7.78. The van der Waals surface area contributed by atoms with Gasteiger partial charge in [-0.05, 0) is 29.8 Å². The SMILES string of the molecule is N#C/C(=C\c1ccc(Cl)c([N+](=O)[O-])c1)C(=O)Nc1cccc(Cl)c1Cl. The molecule has 0 radical (unpaired) electrons. The number of benzene rings is 2. The highest BCUT2D eigenvalue weighted by molar-refractivity contribution is 6.44. The zero-order valence-corrected chi connectivity index (χ0v) is 14.6. The van der Waals surface area contributed by atoms with E-state index in [9.17, 15) is 20.2 Å². The normalized spacial score (nSPS) is 10.9. The highest BCUT2D eigenvalue weighted by atomic mass is 35.5. The van der Waals surface area contributed by atoms with Gasteiger partial charge in [-0.2, -0.15) is 5.26 Å². The molecule has 0 saturated heterocycles. The molecule has 0 saturated carbocycles. The molecule has 2 aromatic carbocycles. The second-order valence-electron chi connectivity index (χ2n) is 4.69. The van der Waals surface area contributed by atoms with Crippen molar-refractivity contribution in [2.75, 3.05) is 5.32 Å². The van der Waals surface area contributed by atoms with E-state index in [4.69, 9.17) is 34.8 Å². The first-order valence-electron chi connectivity index (χ1n) is 6.64. The number of carbonyl (C=O) groups excluding carboxylic acids is 1. The van der Waals surface area contributed by atoms with Crippen molar-refractivity contribution in [3.05, 3.63) is 72.7 Å². The lowest BCUT2D eigenvalue weighted by atomic mass is 10.1. The number of hydrogen-bond donors (Lipinski definition) is 1. The average Bonchev–Trinajstić information content (AvgIpc) is 2.57. The maximum absolute atomic E-state index is 12.2. The predicted molar refractivity (Wildman–Crippen MR) is 96.8 cm³/mol. The number of rotatable bonds is 4. The molecule has 126 valence electrons. The molecular formula is C16H8Cl3N3O3. The van der Waals surface area contributed by atoms with Crippen LogP contribution in [-0.2, 0) is 4.79 Å². The maximum Gasteiger partial charge on any atom is 0.288 e. The van der Waals surface area contributed by atoms with Gasteiger partial charge in [-0.1, -0.05) is 46.9 Å². The summed E-state index contributed by atoms with van der Waals surface area (Å²) in [6.45, 7) is 0. The minimum absolute atomic E-state index is 0.0455. The topological polar surface area (TPSA) is 96.0 Å². The minimum atomic E-state index is -0.732. The van der Waals surface area contributed by atoms with Gasteiger partial charge in [0.05, 0.1) is 20.7 Å². The minimum Gasteiger partial charge on any atom is -0.320 e. The first-order chi connectivity index (χ1) is 11.8. The molecule has 0 unspecified atom stereocenters. The molecule has 0 aromatic heterocycles. The van der Waals surface area contributed by atoms with E-state index in [0.29, 0.717) is 0 Å². The van der Waals surface area contributed by atoms with E-state index in [2.05, 4.69) is 5.32 Å². The summed E-state index contributed by atoms with van der Waals surface area (Å²) >= 11 is 17.6. The molecule has 0 spiro atoms. The van der Waals surface area contributed by atoms with Gasteiger partial charge in [-0.25, -0.2) is 0 Å². The Morgan fingerprint density at radius 2 is 1.92 bits per heavy atom. The van der Waals surface area contributed by atoms with Crippen LogP contribution >= 0.6 is 34.8 Å². The Kier molecular flexibility index (Phi) is 5.99. The number of nitriles is 1. The molecule has 6 nitrogen and oxygen atoms in total. The molecule has 25 heavy (non-hydrogen) atoms. The van der Waals surface area contributed by atoms with Crippen LogP contribution in [-0.4, -0.2) is 10.8 Å². The Hall–Kier alpha value is -2.59. The summed E-state index contributed by atoms with van der Waals surface area (Å²) in [6, 6.07) is 10.3. The number of nitro groups is 1. The zero-order valence-electron chi connectivity index (χ0n) is 12.3. The molecule has 0 bridgehead atoms. The second kappa shape index (κ2) is 7.99. The summed E-state index contributed by atoms with van der Waals surface area (Å²) in [6.07, 6.45) is 1.21. The number of amides is 1. The summed E-state index contributed by atoms with van der Waals surface area (Å²) < 4.78 is 0. The lowest BCUT2D eigenvalue weighted by Crippen LogP contribution is -2.13. The van der Waals surface area contributed by atoms with E-state index in [1.54, 1.807) is 18.2 Å². The molecule has 0 aliphatic carbocycles. The predicted octanol–water partition coefficient (Wildman–Crippen LogP) is 5.10. The van der Waals surface area contributed by atoms with Crippen LogP contribution < -0.4 is 5.32 Å². The molecule has 0 aliphatic rings. The fourth-order valence-corrected chi connectivity index (χ4v) is 2.40. The Morgan fingerprint density at radius 3 is 2.56 bits per heavy atom. The lowest BCUT2D eigenvalue weighted by molar-refractivity contribution is -0.384. The molecule has 0 aliphatic heterocycles. The molecule has 2 rings (SSSR count). The number of nitrogens with zero attached hydrogens (tertiary/aromatic N) is 2. The zero-order chi connectivity index (χ0) is 18.6. The van der Waals surface area contributed by atoms with Gasteiger partial charge in [0.15, 0.2) is 0 Å². The molecule has 0 atom stereocenters. The summed E-state index contributed by atoms with van der Waals surface area (Å²) in [5, 5.41) is 22.9. The molecule has 1 amide bonds.